The minimum Gasteiger partial charge on any atom is -0.360 e. The van der Waals surface area contributed by atoms with E-state index in [1.807, 2.05) is 6.07 Å². The van der Waals surface area contributed by atoms with E-state index >= 15 is 0 Å². The summed E-state index contributed by atoms with van der Waals surface area (Å²) in [4.78, 5) is 14.0. The van der Waals surface area contributed by atoms with Crippen LogP contribution in [0.15, 0.2) is 158 Å². The summed E-state index contributed by atoms with van der Waals surface area (Å²) in [6.45, 7) is -0.0407. The minimum absolute atomic E-state index is 0.0407. The Balaban J connectivity index is 1.27. The van der Waals surface area contributed by atoms with Gasteiger partial charge in [-0.25, -0.2) is 9.97 Å². The first-order chi connectivity index (χ1) is 20.9. The van der Waals surface area contributed by atoms with Crippen molar-refractivity contribution in [1.82, 2.24) is 14.5 Å². The monoisotopic (exact) mass is 539 g/mol. The third kappa shape index (κ3) is 3.96. The molecule has 0 unspecified atom stereocenters. The molecule has 5 aromatic carbocycles. The smallest absolute Gasteiger partial charge is 0.360 e. The molecule has 0 atom stereocenters. The van der Waals surface area contributed by atoms with Crippen molar-refractivity contribution in [3.63, 3.8) is 0 Å². The number of hydrogen-bond acceptors (Lipinski definition) is 4. The fourth-order valence-electron chi connectivity index (χ4n) is 6.11. The summed E-state index contributed by atoms with van der Waals surface area (Å²) in [5.41, 5.74) is 9.11. The molecule has 5 nitrogen and oxygen atoms in total. The maximum atomic E-state index is 4.58. The van der Waals surface area contributed by atoms with Crippen LogP contribution in [0.5, 0.6) is 0 Å². The molecular formula is C36H26BN5. The van der Waals surface area contributed by atoms with Crippen LogP contribution in [0.3, 0.4) is 0 Å². The molecule has 0 spiro atoms. The number of fused-ring (bicyclic) bond motifs is 2. The predicted molar refractivity (Wildman–Crippen MR) is 173 cm³/mol. The first-order valence-electron chi connectivity index (χ1n) is 14.1. The average molecular weight is 539 g/mol. The Morgan fingerprint density at radius 2 is 1.07 bits per heavy atom. The van der Waals surface area contributed by atoms with Gasteiger partial charge in [0.2, 0.25) is 5.95 Å². The Hall–Kier alpha value is -5.62. The van der Waals surface area contributed by atoms with Crippen LogP contribution in [0.4, 0.5) is 22.7 Å². The van der Waals surface area contributed by atoms with Crippen LogP contribution in [0.1, 0.15) is 0 Å². The number of rotatable bonds is 5. The van der Waals surface area contributed by atoms with E-state index in [1.54, 1.807) is 12.4 Å². The van der Waals surface area contributed by atoms with Gasteiger partial charge in [0.15, 0.2) is 0 Å². The molecule has 198 valence electrons. The van der Waals surface area contributed by atoms with Crippen molar-refractivity contribution in [2.24, 2.45) is 0 Å². The first-order valence-corrected chi connectivity index (χ1v) is 14.1. The molecule has 0 bridgehead atoms. The molecule has 42 heavy (non-hydrogen) atoms. The van der Waals surface area contributed by atoms with Crippen molar-refractivity contribution < 1.29 is 0 Å². The van der Waals surface area contributed by atoms with E-state index in [4.69, 9.17) is 0 Å². The summed E-state index contributed by atoms with van der Waals surface area (Å²) in [5.74, 6) is 0.661. The zero-order valence-corrected chi connectivity index (χ0v) is 22.8. The zero-order chi connectivity index (χ0) is 27.9. The topological polar surface area (TPSA) is 37.2 Å². The lowest BCUT2D eigenvalue weighted by Crippen LogP contribution is -2.53. The maximum Gasteiger partial charge on any atom is 0.420 e. The summed E-state index contributed by atoms with van der Waals surface area (Å²) >= 11 is 0. The molecule has 0 fully saturated rings. The molecule has 0 N–H and O–H groups in total. The third-order valence-electron chi connectivity index (χ3n) is 7.93. The average Bonchev–Trinajstić information content (AvgIpc) is 3.63. The van der Waals surface area contributed by atoms with Gasteiger partial charge < -0.3 is 9.62 Å². The van der Waals surface area contributed by atoms with Crippen molar-refractivity contribution in [2.45, 2.75) is 0 Å². The fraction of sp³-hybridized carbons (Fsp3) is 0. The van der Waals surface area contributed by atoms with Gasteiger partial charge in [-0.05, 0) is 65.6 Å². The molecule has 0 amide bonds. The van der Waals surface area contributed by atoms with Gasteiger partial charge in [-0.15, -0.1) is 0 Å². The van der Waals surface area contributed by atoms with Crippen molar-refractivity contribution in [3.05, 3.63) is 158 Å². The van der Waals surface area contributed by atoms with E-state index in [0.29, 0.717) is 5.95 Å². The number of hydrogen-bond donors (Lipinski definition) is 0. The Morgan fingerprint density at radius 3 is 1.76 bits per heavy atom. The highest BCUT2D eigenvalue weighted by Crippen LogP contribution is 2.46. The van der Waals surface area contributed by atoms with Crippen molar-refractivity contribution in [3.8, 4) is 17.2 Å². The van der Waals surface area contributed by atoms with Gasteiger partial charge in [0, 0.05) is 29.2 Å². The highest BCUT2D eigenvalue weighted by atomic mass is 15.3. The van der Waals surface area contributed by atoms with Crippen LogP contribution in [-0.4, -0.2) is 21.5 Å². The molecular weight excluding hydrogens is 513 g/mol. The molecule has 3 heterocycles. The highest BCUT2D eigenvalue weighted by Gasteiger charge is 2.43. The molecule has 7 aromatic rings. The van der Waals surface area contributed by atoms with E-state index in [0.717, 1.165) is 33.5 Å². The second-order valence-corrected chi connectivity index (χ2v) is 10.4. The Bertz CT molecular complexity index is 1990. The Labute approximate surface area is 245 Å². The maximum absolute atomic E-state index is 4.58. The summed E-state index contributed by atoms with van der Waals surface area (Å²) < 4.78 is 2.14. The lowest BCUT2D eigenvalue weighted by molar-refractivity contribution is 0.968. The number of benzene rings is 5. The van der Waals surface area contributed by atoms with Gasteiger partial charge >= 0.3 is 6.98 Å². The van der Waals surface area contributed by atoms with Gasteiger partial charge in [-0.2, -0.15) is 0 Å². The van der Waals surface area contributed by atoms with Crippen LogP contribution in [0.25, 0.3) is 28.1 Å². The zero-order valence-electron chi connectivity index (χ0n) is 22.8. The van der Waals surface area contributed by atoms with Gasteiger partial charge in [0.05, 0.1) is 22.6 Å². The molecule has 1 aliphatic heterocycles. The summed E-state index contributed by atoms with van der Waals surface area (Å²) in [6, 6.07) is 51.4. The van der Waals surface area contributed by atoms with Crippen LogP contribution >= 0.6 is 0 Å². The Morgan fingerprint density at radius 1 is 0.500 bits per heavy atom. The number of aromatic nitrogens is 3. The summed E-state index contributed by atoms with van der Waals surface area (Å²) in [6.07, 6.45) is 3.58. The lowest BCUT2D eigenvalue weighted by Gasteiger charge is -2.30. The number of para-hydroxylation sites is 4. The van der Waals surface area contributed by atoms with Crippen molar-refractivity contribution in [2.75, 3.05) is 9.62 Å². The molecule has 6 heteroatoms. The fourth-order valence-corrected chi connectivity index (χ4v) is 6.11. The summed E-state index contributed by atoms with van der Waals surface area (Å²) in [7, 11) is 0. The molecule has 0 saturated carbocycles. The van der Waals surface area contributed by atoms with E-state index in [2.05, 4.69) is 164 Å². The van der Waals surface area contributed by atoms with Crippen LogP contribution < -0.4 is 15.1 Å². The standard InChI is InChI=1S/C36H26BN5/c1-3-13-29(14-4-1)37-41(30-15-5-2-6-16-30)33-18-9-10-19-34(33)42(37)31-22-20-27(21-23-31)35-26-28-12-7-8-17-32(28)40(35)36-38-24-11-25-39-36/h1-26H. The van der Waals surface area contributed by atoms with E-state index < -0.39 is 0 Å². The van der Waals surface area contributed by atoms with Gasteiger partial charge in [-0.3, -0.25) is 4.57 Å². The predicted octanol–water partition coefficient (Wildman–Crippen LogP) is 7.77. The van der Waals surface area contributed by atoms with E-state index in [1.165, 1.54) is 16.8 Å². The second kappa shape index (κ2) is 10.1. The third-order valence-corrected chi connectivity index (χ3v) is 7.93. The molecule has 8 rings (SSSR count). The molecule has 2 aromatic heterocycles. The lowest BCUT2D eigenvalue weighted by atomic mass is 9.64. The van der Waals surface area contributed by atoms with E-state index in [-0.39, 0.29) is 6.98 Å². The molecule has 0 aliphatic carbocycles. The largest absolute Gasteiger partial charge is 0.420 e. The van der Waals surface area contributed by atoms with Crippen LogP contribution in [-0.2, 0) is 0 Å². The normalized spacial score (nSPS) is 12.6. The van der Waals surface area contributed by atoms with Crippen molar-refractivity contribution in [1.29, 1.82) is 0 Å². The first kappa shape index (κ1) is 24.2. The van der Waals surface area contributed by atoms with Crippen LogP contribution in [0.2, 0.25) is 0 Å². The summed E-state index contributed by atoms with van der Waals surface area (Å²) in [5, 5.41) is 1.15. The second-order valence-electron chi connectivity index (χ2n) is 10.4. The van der Waals surface area contributed by atoms with Crippen molar-refractivity contribution >= 4 is 46.1 Å². The number of anilines is 4. The quantitative estimate of drug-likeness (QED) is 0.210. The Kier molecular flexibility index (Phi) is 5.82. The highest BCUT2D eigenvalue weighted by molar-refractivity contribution is 6.84. The van der Waals surface area contributed by atoms with Gasteiger partial charge in [-0.1, -0.05) is 91.0 Å². The molecule has 0 radical (unpaired) electrons. The SMILES string of the molecule is c1ccc(B2N(c3ccccc3)c3ccccc3N2c2ccc(-c3cc4ccccc4n3-c3ncccn3)cc2)cc1. The van der Waals surface area contributed by atoms with E-state index in [9.17, 15) is 0 Å². The van der Waals surface area contributed by atoms with Crippen LogP contribution in [0, 0.1) is 0 Å². The van der Waals surface area contributed by atoms with Gasteiger partial charge in [0.1, 0.15) is 0 Å². The minimum atomic E-state index is -0.0407. The molecule has 1 aliphatic rings. The number of nitrogens with zero attached hydrogens (tertiary/aromatic N) is 5. The molecule has 0 saturated heterocycles. The van der Waals surface area contributed by atoms with Gasteiger partial charge in [0.25, 0.3) is 0 Å².